The summed E-state index contributed by atoms with van der Waals surface area (Å²) in [4.78, 5) is 0. The second kappa shape index (κ2) is 10.7. The van der Waals surface area contributed by atoms with Crippen LogP contribution in [0.1, 0.15) is 80.1 Å². The van der Waals surface area contributed by atoms with Crippen molar-refractivity contribution in [3.05, 3.63) is 52.4 Å². The second-order valence-electron chi connectivity index (χ2n) is 10.2. The number of unbranched alkanes of at least 4 members (excludes halogenated alkanes) is 2. The Hall–Kier alpha value is -0.772. The molecule has 0 aromatic heterocycles. The molecule has 0 spiro atoms. The maximum atomic E-state index is 6.29. The van der Waals surface area contributed by atoms with E-state index in [0.717, 1.165) is 6.42 Å². The molecule has 1 aliphatic rings. The molecule has 0 aliphatic carbocycles. The second-order valence-corrected chi connectivity index (χ2v) is 19.6. The van der Waals surface area contributed by atoms with Gasteiger partial charge in [-0.3, -0.25) is 0 Å². The number of hydrogen-bond acceptors (Lipinski definition) is 2. The first kappa shape index (κ1) is 25.5. The van der Waals surface area contributed by atoms with Crippen molar-refractivity contribution in [3.63, 3.8) is 0 Å². The molecule has 4 heteroatoms. The van der Waals surface area contributed by atoms with Crippen LogP contribution in [0.2, 0.25) is 11.5 Å². The molecule has 0 bridgehead atoms. The quantitative estimate of drug-likeness (QED) is 0.270. The van der Waals surface area contributed by atoms with Gasteiger partial charge in [0, 0.05) is 0 Å². The standard InChI is InChI=1S/C26H43BGeO2/c1-9-11-16-22(21-27-29-25(3,4)26(5,6)30-27)20-24(17-12-10-2)28(7,8)23-18-14-13-15-19-23/h13-15,18-21H,9-12,16-17H2,1-8H3/b22-21-,24-20-. The molecule has 1 saturated heterocycles. The van der Waals surface area contributed by atoms with Crippen molar-refractivity contribution < 1.29 is 9.31 Å². The van der Waals surface area contributed by atoms with Gasteiger partial charge in [-0.2, -0.15) is 0 Å². The van der Waals surface area contributed by atoms with Crippen molar-refractivity contribution in [2.24, 2.45) is 0 Å². The fourth-order valence-electron chi connectivity index (χ4n) is 3.91. The fourth-order valence-corrected chi connectivity index (χ4v) is 9.67. The molecule has 1 aromatic rings. The predicted octanol–water partition coefficient (Wildman–Crippen LogP) is 7.01. The van der Waals surface area contributed by atoms with E-state index in [0.29, 0.717) is 0 Å². The third-order valence-electron chi connectivity index (χ3n) is 6.90. The van der Waals surface area contributed by atoms with Crippen LogP contribution in [0.25, 0.3) is 0 Å². The average molecular weight is 471 g/mol. The first-order chi connectivity index (χ1) is 14.0. The van der Waals surface area contributed by atoms with Gasteiger partial charge in [0.15, 0.2) is 0 Å². The van der Waals surface area contributed by atoms with Crippen molar-refractivity contribution in [3.8, 4) is 0 Å². The monoisotopic (exact) mass is 472 g/mol. The predicted molar refractivity (Wildman–Crippen MR) is 135 cm³/mol. The molecular formula is C26H43BGeO2. The third kappa shape index (κ3) is 6.37. The van der Waals surface area contributed by atoms with Crippen LogP contribution in [0, 0.1) is 0 Å². The molecule has 0 radical (unpaired) electrons. The molecule has 0 saturated carbocycles. The molecule has 1 aromatic carbocycles. The molecule has 0 amide bonds. The van der Waals surface area contributed by atoms with E-state index in [4.69, 9.17) is 9.31 Å². The van der Waals surface area contributed by atoms with Gasteiger partial charge >= 0.3 is 189 Å². The van der Waals surface area contributed by atoms with E-state index >= 15 is 0 Å². The SMILES string of the molecule is CCCCC(=C/B1OC(C)(C)C(C)(C)O1)/C=[C](/CCCC)[Ge]([CH3])([CH3])[c]1ccccc1. The van der Waals surface area contributed by atoms with Crippen LogP contribution < -0.4 is 4.40 Å². The Labute approximate surface area is 189 Å². The molecule has 0 unspecified atom stereocenters. The molecule has 30 heavy (non-hydrogen) atoms. The minimum absolute atomic E-state index is 0.266. The van der Waals surface area contributed by atoms with Gasteiger partial charge in [-0.15, -0.1) is 0 Å². The van der Waals surface area contributed by atoms with Crippen LogP contribution in [0.15, 0.2) is 52.4 Å². The molecule has 1 fully saturated rings. The first-order valence-electron chi connectivity index (χ1n) is 11.9. The van der Waals surface area contributed by atoms with Crippen LogP contribution in [0.3, 0.4) is 0 Å². The minimum atomic E-state index is -2.32. The van der Waals surface area contributed by atoms with Gasteiger partial charge in [-0.1, -0.05) is 0 Å². The van der Waals surface area contributed by atoms with Gasteiger partial charge < -0.3 is 0 Å². The molecule has 1 aliphatic heterocycles. The molecule has 0 N–H and O–H groups in total. The van der Waals surface area contributed by atoms with Gasteiger partial charge in [-0.05, 0) is 0 Å². The zero-order valence-corrected chi connectivity index (χ0v) is 22.8. The molecule has 1 heterocycles. The van der Waals surface area contributed by atoms with Crippen molar-refractivity contribution in [1.82, 2.24) is 0 Å². The summed E-state index contributed by atoms with van der Waals surface area (Å²) < 4.78 is 15.8. The summed E-state index contributed by atoms with van der Waals surface area (Å²) in [6, 6.07) is 11.2. The topological polar surface area (TPSA) is 18.5 Å². The number of allylic oxidation sites excluding steroid dienone is 3. The zero-order chi connectivity index (χ0) is 22.4. The zero-order valence-electron chi connectivity index (χ0n) is 20.7. The Morgan fingerprint density at radius 2 is 1.43 bits per heavy atom. The van der Waals surface area contributed by atoms with Crippen molar-refractivity contribution in [2.45, 2.75) is 103 Å². The summed E-state index contributed by atoms with van der Waals surface area (Å²) in [6.45, 7) is 13.1. The van der Waals surface area contributed by atoms with E-state index in [1.807, 2.05) is 0 Å². The van der Waals surface area contributed by atoms with Gasteiger partial charge in [0.05, 0.1) is 0 Å². The summed E-state index contributed by atoms with van der Waals surface area (Å²) in [5.41, 5.74) is 0.802. The normalized spacial score (nSPS) is 19.4. The number of benzene rings is 1. The summed E-state index contributed by atoms with van der Waals surface area (Å²) in [6.07, 6.45) is 9.70. The van der Waals surface area contributed by atoms with Gasteiger partial charge in [0.25, 0.3) is 0 Å². The average Bonchev–Trinajstić information content (AvgIpc) is 2.89. The Morgan fingerprint density at radius 1 is 0.900 bits per heavy atom. The van der Waals surface area contributed by atoms with E-state index in [1.165, 1.54) is 37.7 Å². The van der Waals surface area contributed by atoms with Crippen LogP contribution >= 0.6 is 0 Å². The number of hydrogen-bond donors (Lipinski definition) is 0. The van der Waals surface area contributed by atoms with E-state index in [2.05, 4.69) is 95.4 Å². The van der Waals surface area contributed by atoms with Gasteiger partial charge in [0.1, 0.15) is 0 Å². The fraction of sp³-hybridized carbons (Fsp3) is 0.615. The van der Waals surface area contributed by atoms with Crippen molar-refractivity contribution >= 4 is 24.8 Å². The van der Waals surface area contributed by atoms with E-state index in [1.54, 1.807) is 8.80 Å². The van der Waals surface area contributed by atoms with Crippen LogP contribution in [0.4, 0.5) is 0 Å². The summed E-state index contributed by atoms with van der Waals surface area (Å²) in [5, 5.41) is 0. The maximum absolute atomic E-state index is 6.29. The third-order valence-corrected chi connectivity index (χ3v) is 14.8. The van der Waals surface area contributed by atoms with E-state index < -0.39 is 13.3 Å². The summed E-state index contributed by atoms with van der Waals surface area (Å²) >= 11 is -2.32. The first-order valence-corrected chi connectivity index (χ1v) is 18.2. The molecular weight excluding hydrogens is 428 g/mol. The Morgan fingerprint density at radius 3 is 1.97 bits per heavy atom. The Kier molecular flexibility index (Phi) is 9.09. The van der Waals surface area contributed by atoms with Crippen molar-refractivity contribution in [2.75, 3.05) is 0 Å². The van der Waals surface area contributed by atoms with Crippen molar-refractivity contribution in [1.29, 1.82) is 0 Å². The number of rotatable bonds is 10. The molecule has 2 rings (SSSR count). The van der Waals surface area contributed by atoms with E-state index in [-0.39, 0.29) is 18.3 Å². The van der Waals surface area contributed by atoms with Gasteiger partial charge in [0.2, 0.25) is 0 Å². The van der Waals surface area contributed by atoms with Crippen LogP contribution in [-0.2, 0) is 9.31 Å². The summed E-state index contributed by atoms with van der Waals surface area (Å²) in [7, 11) is -0.266. The Bertz CT molecular complexity index is 719. The van der Waals surface area contributed by atoms with Gasteiger partial charge in [-0.25, -0.2) is 0 Å². The molecule has 2 nitrogen and oxygen atoms in total. The molecule has 166 valence electrons. The van der Waals surface area contributed by atoms with E-state index in [9.17, 15) is 0 Å². The summed E-state index contributed by atoms with van der Waals surface area (Å²) in [5.74, 6) is 7.34. The van der Waals surface area contributed by atoms with Crippen LogP contribution in [0.5, 0.6) is 0 Å². The Balaban J connectivity index is 2.41. The van der Waals surface area contributed by atoms with Crippen LogP contribution in [-0.4, -0.2) is 31.6 Å². The molecule has 0 atom stereocenters.